The van der Waals surface area contributed by atoms with Crippen LogP contribution in [0.15, 0.2) is 18.7 Å². The van der Waals surface area contributed by atoms with Crippen molar-refractivity contribution in [2.24, 2.45) is 5.73 Å². The molecule has 1 rings (SSSR count). The zero-order valence-electron chi connectivity index (χ0n) is 6.32. The van der Waals surface area contributed by atoms with E-state index in [1.165, 1.54) is 18.7 Å². The Bertz CT molecular complexity index is 316. The smallest absolute Gasteiger partial charge is 0.333 e. The Morgan fingerprint density at radius 1 is 1.54 bits per heavy atom. The van der Waals surface area contributed by atoms with Gasteiger partial charge in [-0.3, -0.25) is 4.55 Å². The quantitative estimate of drug-likeness (QED) is 0.628. The van der Waals surface area contributed by atoms with Crippen molar-refractivity contribution in [2.45, 2.75) is 0 Å². The molecule has 13 heavy (non-hydrogen) atoms. The number of nitrogens with two attached hydrogens (primary N) is 1. The molecule has 0 saturated heterocycles. The molecule has 0 bridgehead atoms. The lowest BCUT2D eigenvalue weighted by Gasteiger charge is -2.13. The molecule has 70 valence electrons. The van der Waals surface area contributed by atoms with Crippen molar-refractivity contribution in [3.8, 4) is 0 Å². The van der Waals surface area contributed by atoms with Gasteiger partial charge >= 0.3 is 6.03 Å². The van der Waals surface area contributed by atoms with Gasteiger partial charge in [0.05, 0.1) is 18.1 Å². The Kier molecular flexibility index (Phi) is 2.88. The molecule has 3 N–H and O–H groups in total. The average Bonchev–Trinajstić information content (AvgIpc) is 2.04. The average molecular weight is 202 g/mol. The topological polar surface area (TPSA) is 109 Å². The SMILES string of the molecule is NC(=O)N(c1cncnc1)S(=O)O. The van der Waals surface area contributed by atoms with E-state index < -0.39 is 17.3 Å². The molecule has 1 atom stereocenters. The monoisotopic (exact) mass is 202 g/mol. The standard InChI is InChI=1S/C5H6N4O3S/c6-5(10)9(13(11)12)4-1-7-3-8-2-4/h1-3H,(H2,6,10)(H,11,12). The van der Waals surface area contributed by atoms with Crippen LogP contribution in [0, 0.1) is 0 Å². The van der Waals surface area contributed by atoms with Crippen LogP contribution in [0.1, 0.15) is 0 Å². The first-order valence-corrected chi connectivity index (χ1v) is 4.15. The summed E-state index contributed by atoms with van der Waals surface area (Å²) >= 11 is -2.51. The van der Waals surface area contributed by atoms with E-state index in [9.17, 15) is 9.00 Å². The highest BCUT2D eigenvalue weighted by Gasteiger charge is 2.18. The van der Waals surface area contributed by atoms with Crippen LogP contribution in [-0.2, 0) is 11.3 Å². The van der Waals surface area contributed by atoms with Gasteiger partial charge in [-0.25, -0.2) is 19.0 Å². The van der Waals surface area contributed by atoms with E-state index in [2.05, 4.69) is 9.97 Å². The maximum absolute atomic E-state index is 10.7. The number of amides is 2. The molecule has 0 spiro atoms. The van der Waals surface area contributed by atoms with Gasteiger partial charge in [0.2, 0.25) is 0 Å². The lowest BCUT2D eigenvalue weighted by Crippen LogP contribution is -2.37. The van der Waals surface area contributed by atoms with Gasteiger partial charge in [0.15, 0.2) is 0 Å². The zero-order valence-corrected chi connectivity index (χ0v) is 7.14. The van der Waals surface area contributed by atoms with Gasteiger partial charge in [-0.15, -0.1) is 0 Å². The number of aromatic nitrogens is 2. The molecule has 8 heteroatoms. The van der Waals surface area contributed by atoms with Gasteiger partial charge in [-0.1, -0.05) is 0 Å². The van der Waals surface area contributed by atoms with Crippen molar-refractivity contribution in [2.75, 3.05) is 4.31 Å². The third-order valence-corrected chi connectivity index (χ3v) is 1.84. The van der Waals surface area contributed by atoms with Crippen molar-refractivity contribution in [1.82, 2.24) is 9.97 Å². The summed E-state index contributed by atoms with van der Waals surface area (Å²) < 4.78 is 19.8. The van der Waals surface area contributed by atoms with Gasteiger partial charge in [0, 0.05) is 0 Å². The van der Waals surface area contributed by atoms with Crippen molar-refractivity contribution in [3.05, 3.63) is 18.7 Å². The predicted molar refractivity (Wildman–Crippen MR) is 44.9 cm³/mol. The Labute approximate surface area is 76.0 Å². The molecule has 0 aliphatic carbocycles. The molecule has 1 aromatic rings. The highest BCUT2D eigenvalue weighted by Crippen LogP contribution is 2.10. The Morgan fingerprint density at radius 3 is 2.46 bits per heavy atom. The normalized spacial score (nSPS) is 12.1. The first-order chi connectivity index (χ1) is 6.13. The van der Waals surface area contributed by atoms with Crippen LogP contribution in [0.3, 0.4) is 0 Å². The van der Waals surface area contributed by atoms with Gasteiger partial charge < -0.3 is 5.73 Å². The van der Waals surface area contributed by atoms with Crippen LogP contribution in [0.4, 0.5) is 10.5 Å². The number of hydrogen-bond acceptors (Lipinski definition) is 4. The van der Waals surface area contributed by atoms with E-state index in [0.29, 0.717) is 4.31 Å². The number of carbonyl (C=O) groups excluding carboxylic acids is 1. The van der Waals surface area contributed by atoms with Crippen LogP contribution in [-0.4, -0.2) is 24.8 Å². The van der Waals surface area contributed by atoms with Gasteiger partial charge in [0.1, 0.15) is 6.33 Å². The summed E-state index contributed by atoms with van der Waals surface area (Å²) in [7, 11) is 0. The molecule has 0 fully saturated rings. The highest BCUT2D eigenvalue weighted by atomic mass is 32.2. The second-order valence-electron chi connectivity index (χ2n) is 1.96. The first-order valence-electron chi connectivity index (χ1n) is 3.08. The molecule has 0 saturated carbocycles. The zero-order chi connectivity index (χ0) is 9.84. The van der Waals surface area contributed by atoms with Crippen LogP contribution in [0.5, 0.6) is 0 Å². The molecule has 7 nitrogen and oxygen atoms in total. The fraction of sp³-hybridized carbons (Fsp3) is 0. The number of urea groups is 1. The molecule has 0 aromatic carbocycles. The Hall–Kier alpha value is -1.54. The van der Waals surface area contributed by atoms with Crippen molar-refractivity contribution in [1.29, 1.82) is 0 Å². The summed E-state index contributed by atoms with van der Waals surface area (Å²) in [5, 5.41) is 0. The largest absolute Gasteiger partial charge is 0.350 e. The van der Waals surface area contributed by atoms with Crippen molar-refractivity contribution < 1.29 is 13.6 Å². The number of primary amides is 1. The number of carbonyl (C=O) groups is 1. The predicted octanol–water partition coefficient (Wildman–Crippen LogP) is -0.502. The minimum Gasteiger partial charge on any atom is -0.350 e. The maximum atomic E-state index is 10.7. The molecular weight excluding hydrogens is 196 g/mol. The van der Waals surface area contributed by atoms with Crippen molar-refractivity contribution in [3.63, 3.8) is 0 Å². The molecule has 1 unspecified atom stereocenters. The van der Waals surface area contributed by atoms with Crippen LogP contribution >= 0.6 is 0 Å². The van der Waals surface area contributed by atoms with E-state index in [4.69, 9.17) is 10.3 Å². The maximum Gasteiger partial charge on any atom is 0.333 e. The molecule has 0 aliphatic rings. The third-order valence-electron chi connectivity index (χ3n) is 1.14. The lowest BCUT2D eigenvalue weighted by molar-refractivity contribution is 0.256. The first kappa shape index (κ1) is 9.55. The summed E-state index contributed by atoms with van der Waals surface area (Å²) in [6, 6.07) is -1.05. The van der Waals surface area contributed by atoms with Gasteiger partial charge in [-0.05, 0) is 0 Å². The number of nitrogens with zero attached hydrogens (tertiary/aromatic N) is 3. The fourth-order valence-corrected chi connectivity index (χ4v) is 1.12. The minimum absolute atomic E-state index is 0.0656. The lowest BCUT2D eigenvalue weighted by atomic mass is 10.5. The van der Waals surface area contributed by atoms with Crippen LogP contribution in [0.25, 0.3) is 0 Å². The van der Waals surface area contributed by atoms with Gasteiger partial charge in [-0.2, -0.15) is 4.31 Å². The molecule has 0 radical (unpaired) electrons. The number of hydrogen-bond donors (Lipinski definition) is 2. The Balaban J connectivity index is 3.03. The fourth-order valence-electron chi connectivity index (χ4n) is 0.690. The molecule has 1 heterocycles. The summed E-state index contributed by atoms with van der Waals surface area (Å²) in [6.45, 7) is 0. The second-order valence-corrected chi connectivity index (χ2v) is 2.79. The molecule has 0 aliphatic heterocycles. The third kappa shape index (κ3) is 2.20. The highest BCUT2D eigenvalue weighted by molar-refractivity contribution is 7.81. The van der Waals surface area contributed by atoms with Crippen LogP contribution in [0.2, 0.25) is 0 Å². The van der Waals surface area contributed by atoms with Gasteiger partial charge in [0.25, 0.3) is 11.3 Å². The van der Waals surface area contributed by atoms with Crippen LogP contribution < -0.4 is 10.0 Å². The summed E-state index contributed by atoms with van der Waals surface area (Å²) in [6.07, 6.45) is 3.63. The molecule has 2 amide bonds. The second kappa shape index (κ2) is 3.92. The summed E-state index contributed by atoms with van der Waals surface area (Å²) in [5.74, 6) is 0. The van der Waals surface area contributed by atoms with E-state index in [-0.39, 0.29) is 5.69 Å². The Morgan fingerprint density at radius 2 is 2.08 bits per heavy atom. The van der Waals surface area contributed by atoms with E-state index >= 15 is 0 Å². The summed E-state index contributed by atoms with van der Waals surface area (Å²) in [5.41, 5.74) is 4.91. The number of rotatable bonds is 2. The molecular formula is C5H6N4O3S. The minimum atomic E-state index is -2.51. The van der Waals surface area contributed by atoms with E-state index in [0.717, 1.165) is 0 Å². The number of anilines is 1. The van der Waals surface area contributed by atoms with Crippen molar-refractivity contribution >= 4 is 23.0 Å². The summed E-state index contributed by atoms with van der Waals surface area (Å²) in [4.78, 5) is 17.8. The molecule has 1 aromatic heterocycles. The van der Waals surface area contributed by atoms with E-state index in [1.54, 1.807) is 0 Å². The van der Waals surface area contributed by atoms with E-state index in [1.807, 2.05) is 0 Å².